The molecule has 1 unspecified atom stereocenters. The Labute approximate surface area is 404 Å². The van der Waals surface area contributed by atoms with Gasteiger partial charge < -0.3 is 23.5 Å². The molecule has 0 radical (unpaired) electrons. The topological polar surface area (TPSA) is 146 Å². The second-order valence-corrected chi connectivity index (χ2v) is 19.6. The SMILES string of the molecule is CC(OC(=O)[C@@H](CC(=O)c1c(Cl)cc2c(c1Cl)CCN(C(=O)c1ccc3ccoc3c1)C2)Cc1cccc(S(C)(=O)=O)c1)OC(=O)[C@@H](C)OC(c1ccccc1)(c1ccccc1)c1ccccc1. The van der Waals surface area contributed by atoms with Gasteiger partial charge in [-0.15, -0.1) is 0 Å². The van der Waals surface area contributed by atoms with E-state index >= 15 is 0 Å². The van der Waals surface area contributed by atoms with Gasteiger partial charge in [0.15, 0.2) is 21.7 Å². The van der Waals surface area contributed by atoms with Gasteiger partial charge in [-0.05, 0) is 89.5 Å². The second kappa shape index (κ2) is 20.3. The lowest BCUT2D eigenvalue weighted by Crippen LogP contribution is -2.40. The minimum atomic E-state index is -3.62. The standard InChI is InChI=1S/C54H47Cl2NO10S/c1-34(67-54(41-15-7-4-8-16-41,42-17-9-5-10-18-42)43-19-11-6-12-20-43)52(60)65-35(2)66-53(61)39(28-36-14-13-21-44(29-36)68(3,62)63)31-47(58)49-46(55)30-40-33-57(26-24-45(40)50(49)56)51(59)38-23-22-37-25-27-64-48(37)32-38/h4-23,25,27,29-30,32,34-35,39H,24,26,28,31,33H2,1-3H3/t34-,35?,39-/m1/s1. The van der Waals surface area contributed by atoms with Crippen molar-refractivity contribution in [1.82, 2.24) is 4.90 Å². The van der Waals surface area contributed by atoms with E-state index in [9.17, 15) is 27.6 Å². The van der Waals surface area contributed by atoms with Crippen molar-refractivity contribution < 1.29 is 46.2 Å². The molecular formula is C54H47Cl2NO10S. The van der Waals surface area contributed by atoms with Gasteiger partial charge in [0.05, 0.1) is 32.7 Å². The van der Waals surface area contributed by atoms with Crippen molar-refractivity contribution in [3.8, 4) is 0 Å². The van der Waals surface area contributed by atoms with E-state index in [0.29, 0.717) is 40.8 Å². The molecule has 0 N–H and O–H groups in total. The van der Waals surface area contributed by atoms with Crippen LogP contribution in [0.1, 0.15) is 74.4 Å². The van der Waals surface area contributed by atoms with Crippen molar-refractivity contribution in [2.45, 2.75) is 62.5 Å². The summed E-state index contributed by atoms with van der Waals surface area (Å²) in [6, 6.07) is 43.2. The summed E-state index contributed by atoms with van der Waals surface area (Å²) in [6.07, 6.45) is -0.248. The molecule has 348 valence electrons. The normalized spacial score (nSPS) is 14.1. The summed E-state index contributed by atoms with van der Waals surface area (Å²) < 4.78 is 48.7. The second-order valence-electron chi connectivity index (χ2n) is 16.8. The van der Waals surface area contributed by atoms with Crippen LogP contribution in [0.2, 0.25) is 10.0 Å². The Kier molecular flexibility index (Phi) is 14.3. The summed E-state index contributed by atoms with van der Waals surface area (Å²) in [5.41, 5.74) is 3.86. The molecule has 0 bridgehead atoms. The first-order valence-corrected chi connectivity index (χ1v) is 24.6. The number of halogens is 2. The van der Waals surface area contributed by atoms with Crippen LogP contribution < -0.4 is 0 Å². The van der Waals surface area contributed by atoms with E-state index in [1.165, 1.54) is 19.1 Å². The zero-order valence-electron chi connectivity index (χ0n) is 37.4. The number of amides is 1. The lowest BCUT2D eigenvalue weighted by Gasteiger charge is -2.37. The van der Waals surface area contributed by atoms with Gasteiger partial charge >= 0.3 is 11.9 Å². The summed E-state index contributed by atoms with van der Waals surface area (Å²) >= 11 is 13.8. The maximum atomic E-state index is 14.3. The van der Waals surface area contributed by atoms with E-state index in [-0.39, 0.29) is 39.4 Å². The quantitative estimate of drug-likeness (QED) is 0.0397. The lowest BCUT2D eigenvalue weighted by molar-refractivity contribution is -0.197. The van der Waals surface area contributed by atoms with Crippen LogP contribution in [0.5, 0.6) is 0 Å². The number of Topliss-reactive ketones (excluding diaryl/α,β-unsaturated/α-hetero) is 1. The molecule has 1 amide bonds. The number of hydrogen-bond donors (Lipinski definition) is 0. The van der Waals surface area contributed by atoms with E-state index in [1.807, 2.05) is 103 Å². The molecule has 68 heavy (non-hydrogen) atoms. The average molecular weight is 973 g/mol. The zero-order valence-corrected chi connectivity index (χ0v) is 39.7. The van der Waals surface area contributed by atoms with Crippen molar-refractivity contribution >= 4 is 67.6 Å². The summed E-state index contributed by atoms with van der Waals surface area (Å²) in [5, 5.41) is 1.02. The van der Waals surface area contributed by atoms with Gasteiger partial charge in [0.2, 0.25) is 6.29 Å². The Morgan fingerprint density at radius 2 is 1.37 bits per heavy atom. The van der Waals surface area contributed by atoms with Crippen LogP contribution >= 0.6 is 23.2 Å². The number of ether oxygens (including phenoxy) is 3. The number of ketones is 1. The largest absolute Gasteiger partial charge is 0.464 e. The van der Waals surface area contributed by atoms with Crippen molar-refractivity contribution in [1.29, 1.82) is 0 Å². The van der Waals surface area contributed by atoms with E-state index < -0.39 is 57.9 Å². The number of sulfone groups is 1. The number of benzene rings is 6. The lowest BCUT2D eigenvalue weighted by atomic mass is 9.80. The maximum Gasteiger partial charge on any atom is 0.338 e. The minimum absolute atomic E-state index is 0.00185. The molecule has 11 nitrogen and oxygen atoms in total. The molecule has 7 aromatic rings. The number of furan rings is 1. The number of carbonyl (C=O) groups excluding carboxylic acids is 4. The van der Waals surface area contributed by atoms with Crippen LogP contribution in [-0.2, 0) is 58.6 Å². The van der Waals surface area contributed by atoms with Gasteiger partial charge in [0, 0.05) is 43.6 Å². The smallest absolute Gasteiger partial charge is 0.338 e. The molecule has 3 atom stereocenters. The monoisotopic (exact) mass is 971 g/mol. The average Bonchev–Trinajstić information content (AvgIpc) is 3.81. The molecule has 6 aromatic carbocycles. The molecule has 0 aliphatic carbocycles. The molecule has 14 heteroatoms. The third-order valence-corrected chi connectivity index (χ3v) is 13.9. The Morgan fingerprint density at radius 3 is 1.99 bits per heavy atom. The van der Waals surface area contributed by atoms with Crippen LogP contribution in [0, 0.1) is 5.92 Å². The summed E-state index contributed by atoms with van der Waals surface area (Å²) in [5.74, 6) is -3.70. The van der Waals surface area contributed by atoms with Gasteiger partial charge in [0.1, 0.15) is 11.2 Å². The van der Waals surface area contributed by atoms with Crippen LogP contribution in [-0.4, -0.2) is 62.1 Å². The molecule has 2 heterocycles. The molecule has 1 aliphatic heterocycles. The van der Waals surface area contributed by atoms with Crippen molar-refractivity contribution in [3.05, 3.63) is 206 Å². The number of nitrogens with zero attached hydrogens (tertiary/aromatic N) is 1. The molecule has 1 aliphatic rings. The number of esters is 2. The first-order chi connectivity index (χ1) is 32.6. The Bertz CT molecular complexity index is 3010. The van der Waals surface area contributed by atoms with E-state index in [0.717, 1.165) is 28.3 Å². The highest BCUT2D eigenvalue weighted by atomic mass is 35.5. The molecule has 0 saturated heterocycles. The number of hydrogen-bond acceptors (Lipinski definition) is 10. The first-order valence-electron chi connectivity index (χ1n) is 22.0. The summed E-state index contributed by atoms with van der Waals surface area (Å²) in [6.45, 7) is 3.44. The maximum absolute atomic E-state index is 14.3. The van der Waals surface area contributed by atoms with E-state index in [1.54, 1.807) is 48.4 Å². The number of rotatable bonds is 16. The Morgan fingerprint density at radius 1 is 0.750 bits per heavy atom. The highest BCUT2D eigenvalue weighted by Crippen LogP contribution is 2.42. The predicted octanol–water partition coefficient (Wildman–Crippen LogP) is 10.6. The van der Waals surface area contributed by atoms with Crippen LogP contribution in [0.15, 0.2) is 161 Å². The number of carbonyl (C=O) groups is 4. The summed E-state index contributed by atoms with van der Waals surface area (Å²) in [7, 11) is -3.62. The van der Waals surface area contributed by atoms with Gasteiger partial charge in [-0.3, -0.25) is 14.4 Å². The van der Waals surface area contributed by atoms with Crippen LogP contribution in [0.4, 0.5) is 0 Å². The van der Waals surface area contributed by atoms with Gasteiger partial charge in [-0.2, -0.15) is 0 Å². The Hall–Kier alpha value is -6.57. The predicted molar refractivity (Wildman–Crippen MR) is 258 cm³/mol. The van der Waals surface area contributed by atoms with E-state index in [2.05, 4.69) is 0 Å². The van der Waals surface area contributed by atoms with Gasteiger partial charge in [0.25, 0.3) is 5.91 Å². The highest BCUT2D eigenvalue weighted by Gasteiger charge is 2.41. The molecule has 0 saturated carbocycles. The first kappa shape index (κ1) is 47.9. The third-order valence-electron chi connectivity index (χ3n) is 12.0. The number of fused-ring (bicyclic) bond motifs is 2. The molecule has 0 fully saturated rings. The molecule has 1 aromatic heterocycles. The van der Waals surface area contributed by atoms with Crippen LogP contribution in [0.25, 0.3) is 11.0 Å². The molecule has 8 rings (SSSR count). The molecular weight excluding hydrogens is 926 g/mol. The summed E-state index contributed by atoms with van der Waals surface area (Å²) in [4.78, 5) is 57.7. The Balaban J connectivity index is 1.01. The molecule has 0 spiro atoms. The third kappa shape index (κ3) is 10.3. The van der Waals surface area contributed by atoms with Crippen molar-refractivity contribution in [3.63, 3.8) is 0 Å². The van der Waals surface area contributed by atoms with E-state index in [4.69, 9.17) is 41.8 Å². The zero-order chi connectivity index (χ0) is 48.2. The minimum Gasteiger partial charge on any atom is -0.464 e. The van der Waals surface area contributed by atoms with Gasteiger partial charge in [-0.25, -0.2) is 13.2 Å². The van der Waals surface area contributed by atoms with Gasteiger partial charge in [-0.1, -0.05) is 132 Å². The van der Waals surface area contributed by atoms with Crippen molar-refractivity contribution in [2.75, 3.05) is 12.8 Å². The fourth-order valence-corrected chi connectivity index (χ4v) is 10.2. The highest BCUT2D eigenvalue weighted by molar-refractivity contribution is 7.90. The fraction of sp³-hybridized carbons (Fsp3) is 0.222. The van der Waals surface area contributed by atoms with Crippen LogP contribution in [0.3, 0.4) is 0 Å². The fourth-order valence-electron chi connectivity index (χ4n) is 8.68. The van der Waals surface area contributed by atoms with Crippen molar-refractivity contribution in [2.24, 2.45) is 5.92 Å².